The third-order valence-corrected chi connectivity index (χ3v) is 6.55. The van der Waals surface area contributed by atoms with Crippen molar-refractivity contribution in [3.63, 3.8) is 0 Å². The first-order chi connectivity index (χ1) is 12.6. The molecular weight excluding hydrogens is 370 g/mol. The van der Waals surface area contributed by atoms with Crippen molar-refractivity contribution < 1.29 is 22.8 Å². The molecule has 4 amide bonds. The number of benzene rings is 1. The van der Waals surface area contributed by atoms with E-state index in [0.717, 1.165) is 4.90 Å². The Kier molecular flexibility index (Phi) is 4.98. The van der Waals surface area contributed by atoms with Crippen LogP contribution in [0, 0.1) is 0 Å². The third kappa shape index (κ3) is 3.97. The second kappa shape index (κ2) is 6.95. The number of imide groups is 1. The van der Waals surface area contributed by atoms with Gasteiger partial charge >= 0.3 is 6.03 Å². The lowest BCUT2D eigenvalue weighted by Gasteiger charge is -2.30. The van der Waals surface area contributed by atoms with Crippen molar-refractivity contribution in [2.75, 3.05) is 11.5 Å². The molecule has 9 heteroatoms. The van der Waals surface area contributed by atoms with Crippen LogP contribution in [-0.4, -0.2) is 54.2 Å². The maximum atomic E-state index is 12.8. The summed E-state index contributed by atoms with van der Waals surface area (Å²) in [6.45, 7) is 3.82. The minimum atomic E-state index is -3.15. The summed E-state index contributed by atoms with van der Waals surface area (Å²) in [4.78, 5) is 38.2. The van der Waals surface area contributed by atoms with Crippen molar-refractivity contribution in [3.05, 3.63) is 35.4 Å². The number of rotatable bonds is 4. The topological polar surface area (TPSA) is 113 Å². The lowest BCUT2D eigenvalue weighted by molar-refractivity contribution is -0.132. The number of amides is 4. The summed E-state index contributed by atoms with van der Waals surface area (Å²) in [6.07, 6.45) is 0.204. The fourth-order valence-electron chi connectivity index (χ4n) is 3.33. The lowest BCUT2D eigenvalue weighted by atomic mass is 9.92. The SMILES string of the molecule is CC(C)NC(=O)c1ccc(CN2C(=O)NC3(CCS(=O)(=O)CC3)C2=O)cc1. The molecule has 0 aliphatic carbocycles. The molecule has 3 rings (SSSR count). The van der Waals surface area contributed by atoms with E-state index in [1.54, 1.807) is 24.3 Å². The van der Waals surface area contributed by atoms with Crippen LogP contribution in [0.5, 0.6) is 0 Å². The maximum absolute atomic E-state index is 12.8. The number of urea groups is 1. The van der Waals surface area contributed by atoms with Gasteiger partial charge in [0.2, 0.25) is 0 Å². The summed E-state index contributed by atoms with van der Waals surface area (Å²) < 4.78 is 23.3. The number of hydrogen-bond acceptors (Lipinski definition) is 5. The fraction of sp³-hybridized carbons (Fsp3) is 0.500. The third-order valence-electron chi connectivity index (χ3n) is 4.90. The van der Waals surface area contributed by atoms with Crippen molar-refractivity contribution in [3.8, 4) is 0 Å². The second-order valence-corrected chi connectivity index (χ2v) is 9.68. The van der Waals surface area contributed by atoms with E-state index in [2.05, 4.69) is 10.6 Å². The molecule has 1 spiro atoms. The van der Waals surface area contributed by atoms with Crippen LogP contribution < -0.4 is 10.6 Å². The number of hydrogen-bond donors (Lipinski definition) is 2. The zero-order valence-electron chi connectivity index (χ0n) is 15.3. The standard InChI is InChI=1S/C18H23N3O5S/c1-12(2)19-15(22)14-5-3-13(4-6-14)11-21-16(23)18(20-17(21)24)7-9-27(25,26)10-8-18/h3-6,12H,7-11H2,1-2H3,(H,19,22)(H,20,24). The van der Waals surface area contributed by atoms with E-state index < -0.39 is 21.4 Å². The van der Waals surface area contributed by atoms with E-state index in [9.17, 15) is 22.8 Å². The number of sulfone groups is 1. The predicted octanol–water partition coefficient (Wildman–Crippen LogP) is 0.824. The van der Waals surface area contributed by atoms with E-state index >= 15 is 0 Å². The summed E-state index contributed by atoms with van der Waals surface area (Å²) in [5.74, 6) is -0.781. The molecule has 27 heavy (non-hydrogen) atoms. The van der Waals surface area contributed by atoms with Crippen LogP contribution in [0.1, 0.15) is 42.6 Å². The molecule has 1 aromatic carbocycles. The highest BCUT2D eigenvalue weighted by molar-refractivity contribution is 7.91. The van der Waals surface area contributed by atoms with Gasteiger partial charge in [-0.1, -0.05) is 12.1 Å². The van der Waals surface area contributed by atoms with Gasteiger partial charge in [0, 0.05) is 11.6 Å². The van der Waals surface area contributed by atoms with Crippen molar-refractivity contribution in [1.82, 2.24) is 15.5 Å². The Hall–Kier alpha value is -2.42. The van der Waals surface area contributed by atoms with Gasteiger partial charge in [-0.2, -0.15) is 0 Å². The summed E-state index contributed by atoms with van der Waals surface area (Å²) >= 11 is 0. The molecule has 0 atom stereocenters. The molecule has 2 fully saturated rings. The first kappa shape index (κ1) is 19.3. The van der Waals surface area contributed by atoms with Gasteiger partial charge in [0.05, 0.1) is 18.1 Å². The molecule has 0 radical (unpaired) electrons. The predicted molar refractivity (Wildman–Crippen MR) is 98.7 cm³/mol. The number of carbonyl (C=O) groups excluding carboxylic acids is 3. The summed E-state index contributed by atoms with van der Waals surface area (Å²) in [5, 5.41) is 5.48. The number of nitrogens with one attached hydrogen (secondary N) is 2. The van der Waals surface area contributed by atoms with Crippen LogP contribution in [-0.2, 0) is 21.2 Å². The Morgan fingerprint density at radius 2 is 1.78 bits per heavy atom. The Bertz CT molecular complexity index is 863. The quantitative estimate of drug-likeness (QED) is 0.736. The highest BCUT2D eigenvalue weighted by Gasteiger charge is 2.53. The highest BCUT2D eigenvalue weighted by atomic mass is 32.2. The van der Waals surface area contributed by atoms with Crippen LogP contribution in [0.4, 0.5) is 4.79 Å². The summed E-state index contributed by atoms with van der Waals surface area (Å²) in [5.41, 5.74) is 0.0955. The second-order valence-electron chi connectivity index (χ2n) is 7.38. The van der Waals surface area contributed by atoms with Gasteiger partial charge in [-0.3, -0.25) is 14.5 Å². The Balaban J connectivity index is 1.70. The fourth-order valence-corrected chi connectivity index (χ4v) is 4.86. The van der Waals surface area contributed by atoms with Crippen LogP contribution in [0.2, 0.25) is 0 Å². The molecular formula is C18H23N3O5S. The molecule has 0 aromatic heterocycles. The van der Waals surface area contributed by atoms with Crippen LogP contribution in [0.25, 0.3) is 0 Å². The van der Waals surface area contributed by atoms with Crippen LogP contribution >= 0.6 is 0 Å². The Morgan fingerprint density at radius 1 is 1.19 bits per heavy atom. The number of carbonyl (C=O) groups is 3. The molecule has 2 heterocycles. The van der Waals surface area contributed by atoms with Crippen LogP contribution in [0.3, 0.4) is 0 Å². The minimum absolute atomic E-state index is 0.0265. The first-order valence-corrected chi connectivity index (χ1v) is 10.7. The molecule has 8 nitrogen and oxygen atoms in total. The normalized spacial score (nSPS) is 20.8. The monoisotopic (exact) mass is 393 g/mol. The molecule has 2 N–H and O–H groups in total. The molecule has 2 aliphatic heterocycles. The van der Waals surface area contributed by atoms with Crippen molar-refractivity contribution in [1.29, 1.82) is 0 Å². The maximum Gasteiger partial charge on any atom is 0.325 e. The van der Waals surface area contributed by atoms with Crippen molar-refractivity contribution in [2.45, 2.75) is 44.8 Å². The molecule has 1 aromatic rings. The van der Waals surface area contributed by atoms with E-state index in [0.29, 0.717) is 11.1 Å². The van der Waals surface area contributed by atoms with Gasteiger partial charge < -0.3 is 10.6 Å². The summed E-state index contributed by atoms with van der Waals surface area (Å²) in [6, 6.07) is 6.21. The lowest BCUT2D eigenvalue weighted by Crippen LogP contribution is -2.52. The van der Waals surface area contributed by atoms with Crippen molar-refractivity contribution >= 4 is 27.7 Å². The molecule has 0 saturated carbocycles. The van der Waals surface area contributed by atoms with E-state index in [-0.39, 0.29) is 48.7 Å². The van der Waals surface area contributed by atoms with Gasteiger partial charge in [0.1, 0.15) is 5.54 Å². The zero-order chi connectivity index (χ0) is 19.8. The van der Waals surface area contributed by atoms with Crippen molar-refractivity contribution in [2.24, 2.45) is 0 Å². The van der Waals surface area contributed by atoms with Gasteiger partial charge in [-0.25, -0.2) is 13.2 Å². The van der Waals surface area contributed by atoms with Gasteiger partial charge in [0.15, 0.2) is 9.84 Å². The van der Waals surface area contributed by atoms with Gasteiger partial charge in [-0.15, -0.1) is 0 Å². The molecule has 0 bridgehead atoms. The molecule has 2 saturated heterocycles. The zero-order valence-corrected chi connectivity index (χ0v) is 16.1. The average Bonchev–Trinajstić information content (AvgIpc) is 2.82. The Labute approximate surface area is 158 Å². The van der Waals surface area contributed by atoms with Gasteiger partial charge in [-0.05, 0) is 44.4 Å². The van der Waals surface area contributed by atoms with E-state index in [1.807, 2.05) is 13.8 Å². The highest BCUT2D eigenvalue weighted by Crippen LogP contribution is 2.31. The summed E-state index contributed by atoms with van der Waals surface area (Å²) in [7, 11) is -3.15. The largest absolute Gasteiger partial charge is 0.350 e. The smallest absolute Gasteiger partial charge is 0.325 e. The van der Waals surface area contributed by atoms with Gasteiger partial charge in [0.25, 0.3) is 11.8 Å². The first-order valence-electron chi connectivity index (χ1n) is 8.86. The molecule has 146 valence electrons. The number of nitrogens with zero attached hydrogens (tertiary/aromatic N) is 1. The minimum Gasteiger partial charge on any atom is -0.350 e. The Morgan fingerprint density at radius 3 is 2.33 bits per heavy atom. The molecule has 0 unspecified atom stereocenters. The average molecular weight is 393 g/mol. The van der Waals surface area contributed by atoms with E-state index in [1.165, 1.54) is 0 Å². The van der Waals surface area contributed by atoms with E-state index in [4.69, 9.17) is 0 Å². The van der Waals surface area contributed by atoms with Crippen LogP contribution in [0.15, 0.2) is 24.3 Å². The molecule has 2 aliphatic rings.